The van der Waals surface area contributed by atoms with Crippen LogP contribution in [-0.2, 0) is 17.6 Å². The first-order valence-electron chi connectivity index (χ1n) is 10.2. The highest BCUT2D eigenvalue weighted by Gasteiger charge is 2.10. The van der Waals surface area contributed by atoms with Crippen LogP contribution < -0.4 is 0 Å². The van der Waals surface area contributed by atoms with Gasteiger partial charge in [0, 0.05) is 13.7 Å². The Hall–Kier alpha value is -1.60. The van der Waals surface area contributed by atoms with Crippen LogP contribution in [0.25, 0.3) is 0 Å². The monoisotopic (exact) mass is 352 g/mol. The van der Waals surface area contributed by atoms with Crippen LogP contribution in [0.2, 0.25) is 0 Å². The second-order valence-electron chi connectivity index (χ2n) is 8.19. The van der Waals surface area contributed by atoms with Crippen molar-refractivity contribution < 1.29 is 4.74 Å². The number of methoxy groups -OCH3 is 1. The number of hydrogen-bond donors (Lipinski definition) is 0. The summed E-state index contributed by atoms with van der Waals surface area (Å²) in [6.07, 6.45) is 4.66. The molecule has 0 saturated carbocycles. The minimum Gasteiger partial charge on any atom is -0.384 e. The maximum atomic E-state index is 5.48. The molecule has 1 nitrogen and oxygen atoms in total. The normalized spacial score (nSPS) is 11.7. The van der Waals surface area contributed by atoms with Gasteiger partial charge in [-0.3, -0.25) is 0 Å². The Morgan fingerprint density at radius 3 is 1.35 bits per heavy atom. The molecule has 0 unspecified atom stereocenters. The number of aryl methyl sites for hydroxylation is 2. The number of rotatable bonds is 10. The number of hydrogen-bond acceptors (Lipinski definition) is 1. The lowest BCUT2D eigenvalue weighted by molar-refractivity contribution is 0.143. The summed E-state index contributed by atoms with van der Waals surface area (Å²) in [5.74, 6) is 1.83. The van der Waals surface area contributed by atoms with E-state index in [1.807, 2.05) is 7.11 Å². The molecule has 0 aliphatic carbocycles. The minimum absolute atomic E-state index is 0.604. The molecule has 0 heterocycles. The predicted molar refractivity (Wildman–Crippen MR) is 113 cm³/mol. The van der Waals surface area contributed by atoms with Crippen molar-refractivity contribution in [2.75, 3.05) is 13.7 Å². The Kier molecular flexibility index (Phi) is 8.38. The molecule has 0 aliphatic heterocycles. The Bertz CT molecular complexity index is 567. The van der Waals surface area contributed by atoms with Gasteiger partial charge >= 0.3 is 0 Å². The third-order valence-electron chi connectivity index (χ3n) is 5.38. The smallest absolute Gasteiger partial charge is 0.0490 e. The van der Waals surface area contributed by atoms with Crippen molar-refractivity contribution in [1.82, 2.24) is 0 Å². The van der Waals surface area contributed by atoms with Gasteiger partial charge < -0.3 is 4.74 Å². The van der Waals surface area contributed by atoms with Crippen LogP contribution in [0, 0.1) is 5.92 Å². The molecule has 0 radical (unpaired) electrons. The quantitative estimate of drug-likeness (QED) is 0.459. The zero-order chi connectivity index (χ0) is 18.9. The first-order chi connectivity index (χ1) is 12.5. The van der Waals surface area contributed by atoms with E-state index in [2.05, 4.69) is 76.2 Å². The summed E-state index contributed by atoms with van der Waals surface area (Å²) in [5, 5.41) is 0. The summed E-state index contributed by atoms with van der Waals surface area (Å²) in [4.78, 5) is 0. The fraction of sp³-hybridized carbons (Fsp3) is 0.520. The molecule has 1 heteroatoms. The summed E-state index contributed by atoms with van der Waals surface area (Å²) >= 11 is 0. The van der Waals surface area contributed by atoms with Gasteiger partial charge in [0.2, 0.25) is 0 Å². The molecule has 0 fully saturated rings. The van der Waals surface area contributed by atoms with Gasteiger partial charge in [0.1, 0.15) is 0 Å². The average molecular weight is 353 g/mol. The molecule has 0 N–H and O–H groups in total. The molecular formula is C25H36O. The molecule has 142 valence electrons. The first kappa shape index (κ1) is 20.7. The van der Waals surface area contributed by atoms with E-state index in [4.69, 9.17) is 4.74 Å². The van der Waals surface area contributed by atoms with Gasteiger partial charge in [-0.15, -0.1) is 0 Å². The molecule has 0 bridgehead atoms. The van der Waals surface area contributed by atoms with Crippen LogP contribution >= 0.6 is 0 Å². The van der Waals surface area contributed by atoms with E-state index in [0.717, 1.165) is 19.4 Å². The summed E-state index contributed by atoms with van der Waals surface area (Å²) in [6.45, 7) is 9.84. The van der Waals surface area contributed by atoms with E-state index in [1.165, 1.54) is 35.1 Å². The van der Waals surface area contributed by atoms with E-state index < -0.39 is 0 Å². The van der Waals surface area contributed by atoms with E-state index in [0.29, 0.717) is 17.8 Å². The Balaban J connectivity index is 1.85. The van der Waals surface area contributed by atoms with Crippen molar-refractivity contribution in [3.05, 3.63) is 70.8 Å². The van der Waals surface area contributed by atoms with Crippen molar-refractivity contribution in [1.29, 1.82) is 0 Å². The number of ether oxygens (including phenoxy) is 1. The highest BCUT2D eigenvalue weighted by molar-refractivity contribution is 5.25. The summed E-state index contributed by atoms with van der Waals surface area (Å²) in [5.41, 5.74) is 5.73. The average Bonchev–Trinajstić information content (AvgIpc) is 2.64. The van der Waals surface area contributed by atoms with Crippen LogP contribution in [0.5, 0.6) is 0 Å². The molecule has 2 aromatic carbocycles. The third kappa shape index (κ3) is 6.61. The fourth-order valence-electron chi connectivity index (χ4n) is 3.43. The summed E-state index contributed by atoms with van der Waals surface area (Å²) < 4.78 is 5.48. The molecular weight excluding hydrogens is 316 g/mol. The second-order valence-corrected chi connectivity index (χ2v) is 8.19. The van der Waals surface area contributed by atoms with Gasteiger partial charge in [0.15, 0.2) is 0 Å². The maximum Gasteiger partial charge on any atom is 0.0490 e. The van der Waals surface area contributed by atoms with Crippen molar-refractivity contribution in [2.24, 2.45) is 5.92 Å². The van der Waals surface area contributed by atoms with Crippen molar-refractivity contribution in [3.63, 3.8) is 0 Å². The minimum atomic E-state index is 0.604. The van der Waals surface area contributed by atoms with Gasteiger partial charge in [-0.25, -0.2) is 0 Å². The first-order valence-corrected chi connectivity index (χ1v) is 10.2. The third-order valence-corrected chi connectivity index (χ3v) is 5.38. The van der Waals surface area contributed by atoms with E-state index in [1.54, 1.807) is 0 Å². The molecule has 2 rings (SSSR count). The molecule has 0 spiro atoms. The highest BCUT2D eigenvalue weighted by Crippen LogP contribution is 2.21. The van der Waals surface area contributed by atoms with E-state index >= 15 is 0 Å². The highest BCUT2D eigenvalue weighted by atomic mass is 16.5. The standard InChI is InChI=1S/C25H36O/c1-19(2)24-14-10-21(11-15-24)6-8-23(18-26-5)9-7-22-12-16-25(17-13-22)20(3)4/h10-17,19-20,23H,6-9,18H2,1-5H3. The van der Waals surface area contributed by atoms with Crippen LogP contribution in [0.1, 0.15) is 74.6 Å². The van der Waals surface area contributed by atoms with Gasteiger partial charge in [0.05, 0.1) is 0 Å². The molecule has 26 heavy (non-hydrogen) atoms. The Morgan fingerprint density at radius 1 is 0.654 bits per heavy atom. The Labute approximate surface area is 160 Å². The van der Waals surface area contributed by atoms with Crippen LogP contribution in [0.3, 0.4) is 0 Å². The largest absolute Gasteiger partial charge is 0.384 e. The molecule has 0 aliphatic rings. The number of benzene rings is 2. The molecule has 0 amide bonds. The van der Waals surface area contributed by atoms with Crippen LogP contribution in [0.4, 0.5) is 0 Å². The molecule has 0 saturated heterocycles. The van der Waals surface area contributed by atoms with E-state index in [-0.39, 0.29) is 0 Å². The molecule has 2 aromatic rings. The fourth-order valence-corrected chi connectivity index (χ4v) is 3.43. The topological polar surface area (TPSA) is 9.23 Å². The van der Waals surface area contributed by atoms with Crippen molar-refractivity contribution in [3.8, 4) is 0 Å². The van der Waals surface area contributed by atoms with Gasteiger partial charge in [-0.1, -0.05) is 76.2 Å². The van der Waals surface area contributed by atoms with Crippen LogP contribution in [-0.4, -0.2) is 13.7 Å². The predicted octanol–water partition coefficient (Wildman–Crippen LogP) is 6.76. The van der Waals surface area contributed by atoms with Crippen molar-refractivity contribution >= 4 is 0 Å². The van der Waals surface area contributed by atoms with E-state index in [9.17, 15) is 0 Å². The molecule has 0 aromatic heterocycles. The lowest BCUT2D eigenvalue weighted by Gasteiger charge is -2.17. The maximum absolute atomic E-state index is 5.48. The zero-order valence-corrected chi connectivity index (χ0v) is 17.3. The zero-order valence-electron chi connectivity index (χ0n) is 17.3. The summed E-state index contributed by atoms with van der Waals surface area (Å²) in [6, 6.07) is 18.3. The SMILES string of the molecule is COCC(CCc1ccc(C(C)C)cc1)CCc1ccc(C(C)C)cc1. The summed E-state index contributed by atoms with van der Waals surface area (Å²) in [7, 11) is 1.82. The lowest BCUT2D eigenvalue weighted by Crippen LogP contribution is -2.11. The lowest BCUT2D eigenvalue weighted by atomic mass is 9.92. The van der Waals surface area contributed by atoms with Gasteiger partial charge in [-0.2, -0.15) is 0 Å². The van der Waals surface area contributed by atoms with Gasteiger partial charge in [0.25, 0.3) is 0 Å². The Morgan fingerprint density at radius 2 is 1.04 bits per heavy atom. The van der Waals surface area contributed by atoms with Crippen LogP contribution in [0.15, 0.2) is 48.5 Å². The van der Waals surface area contributed by atoms with Gasteiger partial charge in [-0.05, 0) is 65.7 Å². The second kappa shape index (κ2) is 10.5. The van der Waals surface area contributed by atoms with Crippen molar-refractivity contribution in [2.45, 2.75) is 65.2 Å². The molecule has 0 atom stereocenters.